The van der Waals surface area contributed by atoms with Gasteiger partial charge in [-0.05, 0) is 18.5 Å². The van der Waals surface area contributed by atoms with Gasteiger partial charge in [-0.3, -0.25) is 10.1 Å². The van der Waals surface area contributed by atoms with E-state index >= 15 is 0 Å². The average Bonchev–Trinajstić information content (AvgIpc) is 2.42. The van der Waals surface area contributed by atoms with Crippen LogP contribution in [0.1, 0.15) is 12.0 Å². The first-order valence-electron chi connectivity index (χ1n) is 6.04. The van der Waals surface area contributed by atoms with Crippen LogP contribution in [0.5, 0.6) is 0 Å². The minimum Gasteiger partial charge on any atom is -0.444 e. The second-order valence-corrected chi connectivity index (χ2v) is 3.86. The Balaban J connectivity index is 2.15. The quantitative estimate of drug-likeness (QED) is 0.622. The Kier molecular flexibility index (Phi) is 7.23. The Hall–Kier alpha value is -1.92. The maximum Gasteiger partial charge on any atom is 0.414 e. The van der Waals surface area contributed by atoms with Gasteiger partial charge in [0.25, 0.3) is 0 Å². The predicted octanol–water partition coefficient (Wildman–Crippen LogP) is 0.411. The van der Waals surface area contributed by atoms with Crippen molar-refractivity contribution in [3.05, 3.63) is 35.9 Å². The molecule has 1 rings (SSSR count). The lowest BCUT2D eigenvalue weighted by molar-refractivity contribution is -0.119. The molecule has 0 aliphatic heterocycles. The molecule has 0 aliphatic rings. The standard InChI is InChI=1S/C13H18N2O4/c16-8-4-7-14-9-12(17)15-13(18)19-10-11-5-2-1-3-6-11/h1-3,5-6,14,16H,4,7-10H2,(H,15,17,18). The minimum absolute atomic E-state index is 0.0143. The molecule has 0 bridgehead atoms. The smallest absolute Gasteiger partial charge is 0.414 e. The number of alkyl carbamates (subject to hydrolysis) is 1. The summed E-state index contributed by atoms with van der Waals surface area (Å²) in [6.45, 7) is 0.717. The lowest BCUT2D eigenvalue weighted by atomic mass is 10.2. The second kappa shape index (κ2) is 9.07. The van der Waals surface area contributed by atoms with E-state index in [1.54, 1.807) is 0 Å². The summed E-state index contributed by atoms with van der Waals surface area (Å²) in [4.78, 5) is 22.6. The highest BCUT2D eigenvalue weighted by Crippen LogP contribution is 2.00. The average molecular weight is 266 g/mol. The minimum atomic E-state index is -0.766. The molecule has 0 saturated heterocycles. The van der Waals surface area contributed by atoms with Gasteiger partial charge in [-0.1, -0.05) is 30.3 Å². The molecule has 0 aromatic heterocycles. The van der Waals surface area contributed by atoms with E-state index in [1.807, 2.05) is 30.3 Å². The van der Waals surface area contributed by atoms with E-state index in [0.717, 1.165) is 5.56 Å². The van der Waals surface area contributed by atoms with Crippen molar-refractivity contribution in [2.75, 3.05) is 19.7 Å². The maximum absolute atomic E-state index is 11.3. The van der Waals surface area contributed by atoms with Gasteiger partial charge in [0.2, 0.25) is 5.91 Å². The SMILES string of the molecule is O=C(CNCCCO)NC(=O)OCc1ccccc1. The normalized spacial score (nSPS) is 9.95. The first-order chi connectivity index (χ1) is 9.22. The van der Waals surface area contributed by atoms with Crippen molar-refractivity contribution in [1.29, 1.82) is 0 Å². The highest BCUT2D eigenvalue weighted by Gasteiger charge is 2.08. The largest absolute Gasteiger partial charge is 0.444 e. The fourth-order valence-electron chi connectivity index (χ4n) is 1.32. The number of amides is 2. The summed E-state index contributed by atoms with van der Waals surface area (Å²) in [5.74, 6) is -0.462. The number of rotatable bonds is 7. The highest BCUT2D eigenvalue weighted by atomic mass is 16.5. The van der Waals surface area contributed by atoms with Crippen LogP contribution in [-0.2, 0) is 16.1 Å². The molecule has 0 aliphatic carbocycles. The zero-order valence-corrected chi connectivity index (χ0v) is 10.6. The molecule has 104 valence electrons. The van der Waals surface area contributed by atoms with E-state index < -0.39 is 12.0 Å². The molecule has 6 nitrogen and oxygen atoms in total. The van der Waals surface area contributed by atoms with Gasteiger partial charge in [0.15, 0.2) is 0 Å². The molecular formula is C13H18N2O4. The number of aliphatic hydroxyl groups excluding tert-OH is 1. The number of hydrogen-bond donors (Lipinski definition) is 3. The van der Waals surface area contributed by atoms with E-state index in [2.05, 4.69) is 10.6 Å². The van der Waals surface area contributed by atoms with Crippen LogP contribution in [0.3, 0.4) is 0 Å². The molecule has 0 unspecified atom stereocenters. The zero-order valence-electron chi connectivity index (χ0n) is 10.6. The molecule has 0 heterocycles. The third-order valence-corrected chi connectivity index (χ3v) is 2.25. The molecule has 3 N–H and O–H groups in total. The molecular weight excluding hydrogens is 248 g/mol. The fourth-order valence-corrected chi connectivity index (χ4v) is 1.32. The van der Waals surface area contributed by atoms with Crippen LogP contribution in [-0.4, -0.2) is 36.8 Å². The van der Waals surface area contributed by atoms with Crippen LogP contribution in [0.15, 0.2) is 30.3 Å². The van der Waals surface area contributed by atoms with Crippen molar-refractivity contribution in [2.45, 2.75) is 13.0 Å². The maximum atomic E-state index is 11.3. The molecule has 0 radical (unpaired) electrons. The van der Waals surface area contributed by atoms with Crippen LogP contribution >= 0.6 is 0 Å². The summed E-state index contributed by atoms with van der Waals surface area (Å²) in [5.41, 5.74) is 0.853. The number of benzene rings is 1. The van der Waals surface area contributed by atoms with Crippen LogP contribution < -0.4 is 10.6 Å². The van der Waals surface area contributed by atoms with Gasteiger partial charge in [-0.15, -0.1) is 0 Å². The monoisotopic (exact) mass is 266 g/mol. The Labute approximate surface area is 111 Å². The molecule has 0 atom stereocenters. The molecule has 19 heavy (non-hydrogen) atoms. The topological polar surface area (TPSA) is 87.7 Å². The van der Waals surface area contributed by atoms with Gasteiger partial charge >= 0.3 is 6.09 Å². The first-order valence-corrected chi connectivity index (χ1v) is 6.04. The Bertz CT molecular complexity index is 395. The third kappa shape index (κ3) is 7.17. The van der Waals surface area contributed by atoms with Crippen molar-refractivity contribution < 1.29 is 19.4 Å². The third-order valence-electron chi connectivity index (χ3n) is 2.25. The molecule has 0 spiro atoms. The lowest BCUT2D eigenvalue weighted by Gasteiger charge is -2.06. The summed E-state index contributed by atoms with van der Waals surface area (Å²) < 4.78 is 4.89. The van der Waals surface area contributed by atoms with E-state index in [-0.39, 0.29) is 19.8 Å². The Morgan fingerprint density at radius 3 is 2.63 bits per heavy atom. The van der Waals surface area contributed by atoms with E-state index in [9.17, 15) is 9.59 Å². The van der Waals surface area contributed by atoms with Crippen LogP contribution in [0.4, 0.5) is 4.79 Å². The molecule has 0 saturated carbocycles. The first kappa shape index (κ1) is 15.1. The molecule has 0 fully saturated rings. The van der Waals surface area contributed by atoms with Crippen molar-refractivity contribution in [1.82, 2.24) is 10.6 Å². The molecule has 1 aromatic carbocycles. The van der Waals surface area contributed by atoms with Crippen molar-refractivity contribution >= 4 is 12.0 Å². The van der Waals surface area contributed by atoms with Gasteiger partial charge in [-0.25, -0.2) is 4.79 Å². The predicted molar refractivity (Wildman–Crippen MR) is 69.3 cm³/mol. The van der Waals surface area contributed by atoms with Crippen molar-refractivity contribution in [3.8, 4) is 0 Å². The van der Waals surface area contributed by atoms with Gasteiger partial charge in [0, 0.05) is 6.61 Å². The highest BCUT2D eigenvalue weighted by molar-refractivity contribution is 5.92. The number of carbonyl (C=O) groups excluding carboxylic acids is 2. The van der Waals surface area contributed by atoms with Gasteiger partial charge < -0.3 is 15.2 Å². The van der Waals surface area contributed by atoms with E-state index in [1.165, 1.54) is 0 Å². The number of ether oxygens (including phenoxy) is 1. The molecule has 2 amide bonds. The van der Waals surface area contributed by atoms with Gasteiger partial charge in [0.1, 0.15) is 6.61 Å². The van der Waals surface area contributed by atoms with Crippen LogP contribution in [0.25, 0.3) is 0 Å². The summed E-state index contributed by atoms with van der Waals surface area (Å²) in [6.07, 6.45) is -0.205. The fraction of sp³-hybridized carbons (Fsp3) is 0.385. The number of imide groups is 1. The summed E-state index contributed by atoms with van der Waals surface area (Å²) in [7, 11) is 0. The Morgan fingerprint density at radius 2 is 1.95 bits per heavy atom. The number of nitrogens with one attached hydrogen (secondary N) is 2. The number of carbonyl (C=O) groups is 2. The number of aliphatic hydroxyl groups is 1. The number of hydrogen-bond acceptors (Lipinski definition) is 5. The summed E-state index contributed by atoms with van der Waals surface area (Å²) in [5, 5.41) is 13.4. The lowest BCUT2D eigenvalue weighted by Crippen LogP contribution is -2.38. The van der Waals surface area contributed by atoms with E-state index in [4.69, 9.17) is 9.84 Å². The van der Waals surface area contributed by atoms with Crippen molar-refractivity contribution in [2.24, 2.45) is 0 Å². The second-order valence-electron chi connectivity index (χ2n) is 3.86. The van der Waals surface area contributed by atoms with Crippen molar-refractivity contribution in [3.63, 3.8) is 0 Å². The van der Waals surface area contributed by atoms with Crippen LogP contribution in [0.2, 0.25) is 0 Å². The molecule has 6 heteroatoms. The summed E-state index contributed by atoms with van der Waals surface area (Å²) in [6, 6.07) is 9.20. The van der Waals surface area contributed by atoms with E-state index in [0.29, 0.717) is 13.0 Å². The van der Waals surface area contributed by atoms with Gasteiger partial charge in [-0.2, -0.15) is 0 Å². The zero-order chi connectivity index (χ0) is 13.9. The Morgan fingerprint density at radius 1 is 1.21 bits per heavy atom. The van der Waals surface area contributed by atoms with Crippen LogP contribution in [0, 0.1) is 0 Å². The summed E-state index contributed by atoms with van der Waals surface area (Å²) >= 11 is 0. The molecule has 1 aromatic rings. The van der Waals surface area contributed by atoms with Gasteiger partial charge in [0.05, 0.1) is 6.54 Å².